The van der Waals surface area contributed by atoms with Crippen molar-refractivity contribution >= 4 is 17.7 Å². The number of hydrogen-bond acceptors (Lipinski definition) is 2. The molecule has 1 aliphatic heterocycles. The molecule has 2 rings (SSSR count). The minimum absolute atomic E-state index is 0.00703. The van der Waals surface area contributed by atoms with Crippen LogP contribution >= 0.6 is 11.6 Å². The fourth-order valence-corrected chi connectivity index (χ4v) is 2.74. The van der Waals surface area contributed by atoms with Crippen molar-refractivity contribution in [1.82, 2.24) is 4.90 Å². The number of likely N-dealkylation sites (tertiary alicyclic amines) is 1. The second-order valence-corrected chi connectivity index (χ2v) is 5.67. The summed E-state index contributed by atoms with van der Waals surface area (Å²) in [6, 6.07) is 2.88. The van der Waals surface area contributed by atoms with Crippen LogP contribution in [0.25, 0.3) is 0 Å². The molecule has 0 saturated carbocycles. The summed E-state index contributed by atoms with van der Waals surface area (Å²) in [5.74, 6) is -1.83. The number of hydrogen-bond donors (Lipinski definition) is 1. The van der Waals surface area contributed by atoms with E-state index in [9.17, 15) is 22.4 Å². The highest BCUT2D eigenvalue weighted by Crippen LogP contribution is 2.37. The number of carboxylic acid groups (broad SMARTS) is 1. The van der Waals surface area contributed by atoms with Crippen LogP contribution in [0, 0.1) is 11.7 Å². The van der Waals surface area contributed by atoms with Gasteiger partial charge in [-0.1, -0.05) is 11.6 Å². The third-order valence-corrected chi connectivity index (χ3v) is 4.00. The van der Waals surface area contributed by atoms with Crippen molar-refractivity contribution in [3.05, 3.63) is 29.0 Å². The predicted octanol–water partition coefficient (Wildman–Crippen LogP) is 4.18. The standard InChI is InChI=1S/C14H14ClF4NO3/c15-10-7-9(16)1-2-11(10)23-12(14(17,18)19)8-3-5-20(6-4-8)13(21)22/h1-2,7-8,12H,3-6H2,(H,21,22)/t12-/m0/s1. The molecule has 0 unspecified atom stereocenters. The number of alkyl halides is 3. The average molecular weight is 356 g/mol. The molecule has 1 aliphatic rings. The molecule has 1 atom stereocenters. The topological polar surface area (TPSA) is 49.8 Å². The Labute approximate surface area is 134 Å². The molecule has 0 aromatic heterocycles. The average Bonchev–Trinajstić information content (AvgIpc) is 2.45. The number of ether oxygens (including phenoxy) is 1. The molecule has 4 nitrogen and oxygen atoms in total. The Kier molecular flexibility index (Phi) is 5.23. The van der Waals surface area contributed by atoms with E-state index in [0.29, 0.717) is 0 Å². The highest BCUT2D eigenvalue weighted by molar-refractivity contribution is 6.32. The van der Waals surface area contributed by atoms with Crippen LogP contribution < -0.4 is 4.74 Å². The first-order valence-corrected chi connectivity index (χ1v) is 7.22. The Morgan fingerprint density at radius 2 is 1.96 bits per heavy atom. The number of amides is 1. The van der Waals surface area contributed by atoms with E-state index in [1.807, 2.05) is 0 Å². The van der Waals surface area contributed by atoms with E-state index in [0.717, 1.165) is 23.1 Å². The van der Waals surface area contributed by atoms with E-state index >= 15 is 0 Å². The second-order valence-electron chi connectivity index (χ2n) is 5.26. The summed E-state index contributed by atoms with van der Waals surface area (Å²) >= 11 is 5.71. The van der Waals surface area contributed by atoms with E-state index in [1.54, 1.807) is 0 Å². The molecule has 1 N–H and O–H groups in total. The summed E-state index contributed by atoms with van der Waals surface area (Å²) in [5, 5.41) is 8.59. The lowest BCUT2D eigenvalue weighted by Crippen LogP contribution is -2.47. The van der Waals surface area contributed by atoms with Crippen LogP contribution in [0.15, 0.2) is 18.2 Å². The lowest BCUT2D eigenvalue weighted by atomic mass is 9.91. The van der Waals surface area contributed by atoms with Crippen molar-refractivity contribution in [2.75, 3.05) is 13.1 Å². The maximum atomic E-state index is 13.3. The number of piperidine rings is 1. The molecule has 9 heteroatoms. The van der Waals surface area contributed by atoms with Gasteiger partial charge in [0, 0.05) is 19.0 Å². The van der Waals surface area contributed by atoms with E-state index in [1.165, 1.54) is 0 Å². The molecule has 0 bridgehead atoms. The van der Waals surface area contributed by atoms with Gasteiger partial charge in [-0.15, -0.1) is 0 Å². The largest absolute Gasteiger partial charge is 0.479 e. The van der Waals surface area contributed by atoms with Crippen molar-refractivity contribution < 1.29 is 32.2 Å². The Balaban J connectivity index is 2.14. The zero-order chi connectivity index (χ0) is 17.2. The second kappa shape index (κ2) is 6.82. The van der Waals surface area contributed by atoms with Gasteiger partial charge in [0.1, 0.15) is 11.6 Å². The molecule has 1 aromatic carbocycles. The summed E-state index contributed by atoms with van der Waals surface area (Å²) < 4.78 is 57.8. The van der Waals surface area contributed by atoms with Gasteiger partial charge in [0.2, 0.25) is 0 Å². The molecule has 0 radical (unpaired) electrons. The first-order chi connectivity index (χ1) is 10.7. The molecule has 1 amide bonds. The molecular weight excluding hydrogens is 342 g/mol. The van der Waals surface area contributed by atoms with Gasteiger partial charge in [0.25, 0.3) is 0 Å². The van der Waals surface area contributed by atoms with Crippen LogP contribution in [0.1, 0.15) is 12.8 Å². The fourth-order valence-electron chi connectivity index (χ4n) is 2.53. The molecule has 128 valence electrons. The van der Waals surface area contributed by atoms with Gasteiger partial charge >= 0.3 is 12.3 Å². The van der Waals surface area contributed by atoms with Crippen LogP contribution in [0.3, 0.4) is 0 Å². The molecular formula is C14H14ClF4NO3. The van der Waals surface area contributed by atoms with E-state index in [4.69, 9.17) is 21.4 Å². The third kappa shape index (κ3) is 4.40. The Hall–Kier alpha value is -1.70. The molecule has 0 spiro atoms. The van der Waals surface area contributed by atoms with E-state index in [-0.39, 0.29) is 36.7 Å². The quantitative estimate of drug-likeness (QED) is 0.827. The fraction of sp³-hybridized carbons (Fsp3) is 0.500. The van der Waals surface area contributed by atoms with Crippen molar-refractivity contribution in [2.24, 2.45) is 5.92 Å². The van der Waals surface area contributed by atoms with Crippen LogP contribution in [0.5, 0.6) is 5.75 Å². The monoisotopic (exact) mass is 355 g/mol. The van der Waals surface area contributed by atoms with Crippen molar-refractivity contribution in [3.8, 4) is 5.75 Å². The Bertz CT molecular complexity index is 574. The normalized spacial score (nSPS) is 17.9. The van der Waals surface area contributed by atoms with Crippen LogP contribution in [0.4, 0.5) is 22.4 Å². The van der Waals surface area contributed by atoms with Crippen molar-refractivity contribution in [1.29, 1.82) is 0 Å². The Morgan fingerprint density at radius 3 is 2.43 bits per heavy atom. The number of nitrogens with zero attached hydrogens (tertiary/aromatic N) is 1. The molecule has 1 aromatic rings. The first-order valence-electron chi connectivity index (χ1n) is 6.85. The zero-order valence-corrected chi connectivity index (χ0v) is 12.6. The third-order valence-electron chi connectivity index (χ3n) is 3.71. The summed E-state index contributed by atoms with van der Waals surface area (Å²) in [7, 11) is 0. The lowest BCUT2D eigenvalue weighted by Gasteiger charge is -2.35. The maximum absolute atomic E-state index is 13.3. The van der Waals surface area contributed by atoms with Gasteiger partial charge in [-0.3, -0.25) is 0 Å². The van der Waals surface area contributed by atoms with Gasteiger partial charge in [-0.2, -0.15) is 13.2 Å². The van der Waals surface area contributed by atoms with Crippen LogP contribution in [-0.2, 0) is 0 Å². The van der Waals surface area contributed by atoms with Crippen LogP contribution in [-0.4, -0.2) is 41.5 Å². The summed E-state index contributed by atoms with van der Waals surface area (Å²) in [6.45, 7) is 0.0141. The molecule has 1 saturated heterocycles. The van der Waals surface area contributed by atoms with Crippen molar-refractivity contribution in [2.45, 2.75) is 25.1 Å². The smallest absolute Gasteiger partial charge is 0.425 e. The first kappa shape index (κ1) is 17.7. The zero-order valence-electron chi connectivity index (χ0n) is 11.8. The van der Waals surface area contributed by atoms with Gasteiger partial charge < -0.3 is 14.7 Å². The number of benzene rings is 1. The van der Waals surface area contributed by atoms with Gasteiger partial charge in [-0.05, 0) is 31.0 Å². The van der Waals surface area contributed by atoms with E-state index < -0.39 is 30.1 Å². The van der Waals surface area contributed by atoms with Crippen LogP contribution in [0.2, 0.25) is 5.02 Å². The highest BCUT2D eigenvalue weighted by atomic mass is 35.5. The number of halogens is 5. The summed E-state index contributed by atoms with van der Waals surface area (Å²) in [6.07, 6.45) is -7.88. The minimum Gasteiger partial charge on any atom is -0.479 e. The van der Waals surface area contributed by atoms with Gasteiger partial charge in [0.05, 0.1) is 5.02 Å². The highest BCUT2D eigenvalue weighted by Gasteiger charge is 2.48. The molecule has 23 heavy (non-hydrogen) atoms. The lowest BCUT2D eigenvalue weighted by molar-refractivity contribution is -0.213. The molecule has 0 aliphatic carbocycles. The predicted molar refractivity (Wildman–Crippen MR) is 74.2 cm³/mol. The summed E-state index contributed by atoms with van der Waals surface area (Å²) in [5.41, 5.74) is 0. The maximum Gasteiger partial charge on any atom is 0.425 e. The molecule has 1 fully saturated rings. The SMILES string of the molecule is O=C(O)N1CCC([C@H](Oc2ccc(F)cc2Cl)C(F)(F)F)CC1. The van der Waals surface area contributed by atoms with Crippen molar-refractivity contribution in [3.63, 3.8) is 0 Å². The Morgan fingerprint density at radius 1 is 1.35 bits per heavy atom. The number of carbonyl (C=O) groups is 1. The minimum atomic E-state index is -4.65. The molecule has 1 heterocycles. The van der Waals surface area contributed by atoms with Gasteiger partial charge in [-0.25, -0.2) is 9.18 Å². The number of rotatable bonds is 3. The van der Waals surface area contributed by atoms with Gasteiger partial charge in [0.15, 0.2) is 6.10 Å². The summed E-state index contributed by atoms with van der Waals surface area (Å²) in [4.78, 5) is 11.9. The van der Waals surface area contributed by atoms with E-state index in [2.05, 4.69) is 0 Å².